The van der Waals surface area contributed by atoms with E-state index in [0.29, 0.717) is 11.0 Å². The van der Waals surface area contributed by atoms with Gasteiger partial charge >= 0.3 is 184 Å². The van der Waals surface area contributed by atoms with Crippen LogP contribution in [0.4, 0.5) is 0 Å². The monoisotopic (exact) mass is 589 g/mol. The summed E-state index contributed by atoms with van der Waals surface area (Å²) >= 11 is 3.62. The van der Waals surface area contributed by atoms with Crippen LogP contribution in [0.25, 0.3) is 20.6 Å². The average Bonchev–Trinajstić information content (AvgIpc) is 3.04. The molecule has 0 amide bonds. The molecular formula is C20H23BrCl2N2O4Se. The van der Waals surface area contributed by atoms with E-state index in [9.17, 15) is 9.59 Å². The Balaban J connectivity index is 0.00000216. The van der Waals surface area contributed by atoms with Crippen LogP contribution in [0.3, 0.4) is 0 Å². The van der Waals surface area contributed by atoms with E-state index in [1.165, 1.54) is 10.5 Å². The van der Waals surface area contributed by atoms with Crippen molar-refractivity contribution in [1.29, 1.82) is 0 Å². The minimum absolute atomic E-state index is 0. The minimum atomic E-state index is -3.24. The number of benzene rings is 1. The van der Waals surface area contributed by atoms with E-state index in [0.717, 1.165) is 46.8 Å². The van der Waals surface area contributed by atoms with Gasteiger partial charge in [-0.3, -0.25) is 0 Å². The fourth-order valence-corrected chi connectivity index (χ4v) is 7.05. The van der Waals surface area contributed by atoms with Gasteiger partial charge in [-0.15, -0.1) is 24.8 Å². The molecule has 1 aromatic carbocycles. The third-order valence-electron chi connectivity index (χ3n) is 4.89. The average molecular weight is 590 g/mol. The van der Waals surface area contributed by atoms with Gasteiger partial charge in [0.1, 0.15) is 0 Å². The summed E-state index contributed by atoms with van der Waals surface area (Å²) < 4.78 is 49.5. The molecule has 1 aliphatic rings. The van der Waals surface area contributed by atoms with Gasteiger partial charge in [0.25, 0.3) is 0 Å². The van der Waals surface area contributed by atoms with Crippen LogP contribution in [0.1, 0.15) is 28.5 Å². The summed E-state index contributed by atoms with van der Waals surface area (Å²) in [6.07, 6.45) is 0. The molecular weight excluding hydrogens is 562 g/mol. The number of hydrogen-bond acceptors (Lipinski definition) is 6. The maximum atomic E-state index is 12.6. The zero-order chi connectivity index (χ0) is 24.1. The number of esters is 1. The van der Waals surface area contributed by atoms with Crippen LogP contribution in [0, 0.1) is 0 Å². The summed E-state index contributed by atoms with van der Waals surface area (Å²) in [5.41, 5.74) is -1.18. The van der Waals surface area contributed by atoms with Crippen LogP contribution in [0.5, 0.6) is 0 Å². The zero-order valence-corrected chi connectivity index (χ0v) is 20.8. The van der Waals surface area contributed by atoms with Crippen molar-refractivity contribution in [1.82, 2.24) is 9.80 Å². The quantitative estimate of drug-likeness (QED) is 0.264. The summed E-state index contributed by atoms with van der Waals surface area (Å²) in [5, 5.41) is 1.43. The molecule has 0 saturated carbocycles. The SMILES string of the molecule is Cl.Cl.[2H]C([2H])([2H])C([2H])([2H])OC(=O)c1cc2ccc3c(Br)c(CN4CCN(C)CC4)[se]c3c2oc1=O. The number of carbonyl (C=O) groups is 1. The van der Waals surface area contributed by atoms with Crippen LogP contribution in [-0.4, -0.2) is 70.1 Å². The summed E-state index contributed by atoms with van der Waals surface area (Å²) in [6, 6.07) is 4.86. The summed E-state index contributed by atoms with van der Waals surface area (Å²) in [4.78, 5) is 29.6. The van der Waals surface area contributed by atoms with E-state index in [-0.39, 0.29) is 39.3 Å². The van der Waals surface area contributed by atoms with Crippen LogP contribution < -0.4 is 5.63 Å². The molecule has 0 spiro atoms. The van der Waals surface area contributed by atoms with Crippen LogP contribution in [0.15, 0.2) is 31.9 Å². The molecule has 0 aliphatic carbocycles. The second-order valence-electron chi connectivity index (χ2n) is 6.72. The molecule has 0 N–H and O–H groups in total. The van der Waals surface area contributed by atoms with Gasteiger partial charge in [-0.25, -0.2) is 0 Å². The number of nitrogens with zero attached hydrogens (tertiary/aromatic N) is 2. The fraction of sp³-hybridized carbons (Fsp3) is 0.400. The number of carbonyl (C=O) groups excluding carboxylic acids is 1. The van der Waals surface area contributed by atoms with Gasteiger partial charge in [0.05, 0.1) is 0 Å². The Morgan fingerprint density at radius 2 is 2.07 bits per heavy atom. The van der Waals surface area contributed by atoms with Crippen molar-refractivity contribution in [3.63, 3.8) is 0 Å². The molecule has 3 heterocycles. The topological polar surface area (TPSA) is 63.0 Å². The number of ether oxygens (including phenoxy) is 1. The van der Waals surface area contributed by atoms with Gasteiger partial charge in [0.2, 0.25) is 0 Å². The third kappa shape index (κ3) is 4.96. The molecule has 4 rings (SSSR count). The van der Waals surface area contributed by atoms with Crippen LogP contribution in [-0.2, 0) is 11.3 Å². The van der Waals surface area contributed by atoms with Crippen molar-refractivity contribution in [3.05, 3.63) is 43.1 Å². The van der Waals surface area contributed by atoms with Gasteiger partial charge in [0, 0.05) is 0 Å². The van der Waals surface area contributed by atoms with Crippen LogP contribution in [0.2, 0.25) is 0 Å². The first-order valence-corrected chi connectivity index (χ1v) is 11.2. The first-order chi connectivity index (χ1) is 15.4. The van der Waals surface area contributed by atoms with Gasteiger partial charge in [0.15, 0.2) is 0 Å². The summed E-state index contributed by atoms with van der Waals surface area (Å²) in [6.45, 7) is -1.61. The second kappa shape index (κ2) is 10.6. The Morgan fingerprint density at radius 3 is 2.77 bits per heavy atom. The Kier molecular flexibility index (Phi) is 6.63. The van der Waals surface area contributed by atoms with E-state index >= 15 is 0 Å². The van der Waals surface area contributed by atoms with E-state index in [1.807, 2.05) is 6.07 Å². The van der Waals surface area contributed by atoms with Gasteiger partial charge in [-0.2, -0.15) is 0 Å². The predicted molar refractivity (Wildman–Crippen MR) is 128 cm³/mol. The molecule has 30 heavy (non-hydrogen) atoms. The molecule has 1 aliphatic heterocycles. The first-order valence-electron chi connectivity index (χ1n) is 11.2. The third-order valence-corrected chi connectivity index (χ3v) is 8.88. The van der Waals surface area contributed by atoms with Crippen molar-refractivity contribution in [3.8, 4) is 0 Å². The number of hydrogen-bond donors (Lipinski definition) is 0. The molecule has 0 bridgehead atoms. The fourth-order valence-electron chi connectivity index (χ4n) is 3.31. The molecule has 0 unspecified atom stereocenters. The Labute approximate surface area is 208 Å². The Morgan fingerprint density at radius 1 is 1.33 bits per heavy atom. The Hall–Kier alpha value is -0.861. The van der Waals surface area contributed by atoms with E-state index in [4.69, 9.17) is 11.3 Å². The molecule has 0 atom stereocenters. The zero-order valence-electron chi connectivity index (χ0n) is 20.9. The van der Waals surface area contributed by atoms with Crippen molar-refractivity contribution in [2.75, 3.05) is 39.8 Å². The summed E-state index contributed by atoms with van der Waals surface area (Å²) in [5.74, 6) is -1.38. The molecule has 6 nitrogen and oxygen atoms in total. The van der Waals surface area contributed by atoms with Gasteiger partial charge in [-0.05, 0) is 0 Å². The molecule has 0 radical (unpaired) electrons. The molecule has 3 aromatic rings. The standard InChI is InChI=1S/C20H21BrN2O4Se.2ClH/c1-3-26-19(24)14-10-12-4-5-13-16(21)15(11-23-8-6-22(2)7-9-23)28-18(13)17(12)27-20(14)25;;/h4-5,10H,3,6-9,11H2,1-2H3;2*1H/i1D3,3D2;;. The predicted octanol–water partition coefficient (Wildman–Crippen LogP) is 3.53. The number of halogens is 3. The number of piperazine rings is 1. The van der Waals surface area contributed by atoms with Gasteiger partial charge in [-0.1, -0.05) is 0 Å². The van der Waals surface area contributed by atoms with E-state index < -0.39 is 30.6 Å². The maximum absolute atomic E-state index is 12.6. The van der Waals surface area contributed by atoms with Crippen molar-refractivity contribution in [2.45, 2.75) is 13.4 Å². The van der Waals surface area contributed by atoms with E-state index in [1.54, 1.807) is 6.07 Å². The summed E-state index contributed by atoms with van der Waals surface area (Å²) in [7, 11) is 2.11. The van der Waals surface area contributed by atoms with Crippen molar-refractivity contribution < 1.29 is 20.8 Å². The van der Waals surface area contributed by atoms with Crippen molar-refractivity contribution >= 4 is 81.8 Å². The molecule has 10 heteroatoms. The van der Waals surface area contributed by atoms with Crippen LogP contribution >= 0.6 is 40.7 Å². The second-order valence-corrected chi connectivity index (χ2v) is 9.83. The first kappa shape index (κ1) is 18.7. The molecule has 1 saturated heterocycles. The van der Waals surface area contributed by atoms with Gasteiger partial charge < -0.3 is 0 Å². The number of likely N-dealkylation sites (N-methyl/N-ethyl adjacent to an activating group) is 1. The molecule has 2 aromatic heterocycles. The molecule has 164 valence electrons. The normalized spacial score (nSPS) is 18.4. The van der Waals surface area contributed by atoms with Crippen molar-refractivity contribution in [2.24, 2.45) is 0 Å². The molecule has 1 fully saturated rings. The number of fused-ring (bicyclic) bond motifs is 3. The van der Waals surface area contributed by atoms with E-state index in [2.05, 4.69) is 37.5 Å². The Bertz CT molecular complexity index is 1290. The number of rotatable bonds is 4.